The molecule has 2 aromatic rings. The first-order valence-corrected chi connectivity index (χ1v) is 18.0. The Hall–Kier alpha value is -2.61. The van der Waals surface area contributed by atoms with Crippen LogP contribution in [-0.2, 0) is 12.8 Å². The predicted octanol–water partition coefficient (Wildman–Crippen LogP) is 6.57. The number of nitrogens with one attached hydrogen (secondary N) is 1. The van der Waals surface area contributed by atoms with Crippen molar-refractivity contribution in [1.29, 1.82) is 10.7 Å². The second kappa shape index (κ2) is 17.3. The Bertz CT molecular complexity index is 1400. The number of likely N-dealkylation sites (tertiary alicyclic amines) is 1. The lowest BCUT2D eigenvalue weighted by atomic mass is 9.78. The highest BCUT2D eigenvalue weighted by molar-refractivity contribution is 7.43. The molecular formula is C36H54N7PS. The standard InChI is InChI=1S/C32H46N7PS.C2H6.C2H2/c1-6-9-25(20(2)24-11-7-12-27-29(24)26(17-33)32(40)41-27)30(34)31-35-21(13-14-22-10-8-15-38(22)5)16-28(36-31)39-18-23(19-39)37(3)4;2*1-2/h16,22-24,34H,6-15,18-19,40H2,1-5H3;1-2H3;1-2H/b25-20+,34-30?;;/t22-,24+;;/m0../s1. The zero-order chi connectivity index (χ0) is 33.3. The summed E-state index contributed by atoms with van der Waals surface area (Å²) in [6, 6.07) is 5.80. The first-order chi connectivity index (χ1) is 21.7. The summed E-state index contributed by atoms with van der Waals surface area (Å²) in [5.41, 5.74) is 5.82. The second-order valence-corrected chi connectivity index (χ2v) is 14.5. The van der Waals surface area contributed by atoms with Gasteiger partial charge in [-0.2, -0.15) is 5.26 Å². The van der Waals surface area contributed by atoms with Crippen molar-refractivity contribution in [3.8, 4) is 18.9 Å². The van der Waals surface area contributed by atoms with Crippen LogP contribution >= 0.6 is 20.6 Å². The van der Waals surface area contributed by atoms with Crippen LogP contribution in [0.25, 0.3) is 0 Å². The molecule has 2 aliphatic heterocycles. The Labute approximate surface area is 279 Å². The van der Waals surface area contributed by atoms with Gasteiger partial charge in [-0.05, 0) is 97.1 Å². The third-order valence-electron chi connectivity index (χ3n) is 9.52. The largest absolute Gasteiger partial charge is 0.353 e. The number of terminal acetylenes is 1. The monoisotopic (exact) mass is 647 g/mol. The molecule has 0 bridgehead atoms. The van der Waals surface area contributed by atoms with Gasteiger partial charge in [0.1, 0.15) is 17.6 Å². The highest BCUT2D eigenvalue weighted by atomic mass is 32.1. The quantitative estimate of drug-likeness (QED) is 0.179. The molecule has 244 valence electrons. The molecule has 0 aromatic carbocycles. The van der Waals surface area contributed by atoms with Gasteiger partial charge in [0.15, 0.2) is 5.82 Å². The minimum atomic E-state index is 0.178. The van der Waals surface area contributed by atoms with Crippen molar-refractivity contribution in [3.63, 3.8) is 0 Å². The predicted molar refractivity (Wildman–Crippen MR) is 195 cm³/mol. The number of fused-ring (bicyclic) bond motifs is 1. The lowest BCUT2D eigenvalue weighted by Crippen LogP contribution is -2.57. The van der Waals surface area contributed by atoms with E-state index in [-0.39, 0.29) is 5.92 Å². The van der Waals surface area contributed by atoms with Gasteiger partial charge < -0.3 is 14.7 Å². The van der Waals surface area contributed by atoms with Crippen molar-refractivity contribution in [2.75, 3.05) is 45.7 Å². The first kappa shape index (κ1) is 36.9. The van der Waals surface area contributed by atoms with Crippen molar-refractivity contribution in [3.05, 3.63) is 44.7 Å². The number of aromatic nitrogens is 2. The third-order valence-corrected chi connectivity index (χ3v) is 11.3. The highest BCUT2D eigenvalue weighted by Gasteiger charge is 2.32. The summed E-state index contributed by atoms with van der Waals surface area (Å²) in [5, 5.41) is 19.5. The van der Waals surface area contributed by atoms with E-state index in [2.05, 4.69) is 83.9 Å². The number of rotatable bonds is 10. The van der Waals surface area contributed by atoms with Gasteiger partial charge in [-0.15, -0.1) is 24.2 Å². The maximum absolute atomic E-state index is 9.99. The van der Waals surface area contributed by atoms with Crippen LogP contribution in [0, 0.1) is 29.6 Å². The molecule has 1 unspecified atom stereocenters. The number of hydrogen-bond donors (Lipinski definition) is 1. The Kier molecular flexibility index (Phi) is 14.2. The summed E-state index contributed by atoms with van der Waals surface area (Å²) < 4.78 is 1.04. The maximum Gasteiger partial charge on any atom is 0.179 e. The number of allylic oxidation sites excluding steroid dienone is 2. The number of aryl methyl sites for hydroxylation is 2. The van der Waals surface area contributed by atoms with Crippen LogP contribution < -0.4 is 9.52 Å². The Morgan fingerprint density at radius 3 is 2.51 bits per heavy atom. The van der Waals surface area contributed by atoms with E-state index in [4.69, 9.17) is 9.97 Å². The molecule has 7 nitrogen and oxygen atoms in total. The van der Waals surface area contributed by atoms with Crippen LogP contribution in [0.3, 0.4) is 0 Å². The zero-order valence-corrected chi connectivity index (χ0v) is 30.6. The molecule has 2 saturated heterocycles. The van der Waals surface area contributed by atoms with Crippen molar-refractivity contribution >= 4 is 36.7 Å². The smallest absolute Gasteiger partial charge is 0.179 e. The molecule has 9 heteroatoms. The van der Waals surface area contributed by atoms with Gasteiger partial charge in [0, 0.05) is 52.3 Å². The highest BCUT2D eigenvalue weighted by Crippen LogP contribution is 2.43. The van der Waals surface area contributed by atoms with E-state index >= 15 is 0 Å². The Balaban J connectivity index is 0.00000133. The van der Waals surface area contributed by atoms with E-state index in [1.165, 1.54) is 35.4 Å². The van der Waals surface area contributed by atoms with Crippen LogP contribution in [0.2, 0.25) is 0 Å². The molecule has 3 aliphatic rings. The van der Waals surface area contributed by atoms with Crippen LogP contribution in [0.5, 0.6) is 0 Å². The zero-order valence-electron chi connectivity index (χ0n) is 28.6. The molecule has 2 aromatic heterocycles. The molecule has 45 heavy (non-hydrogen) atoms. The minimum Gasteiger partial charge on any atom is -0.353 e. The van der Waals surface area contributed by atoms with Crippen LogP contribution in [0.1, 0.15) is 106 Å². The number of thiophene rings is 1. The molecule has 0 radical (unpaired) electrons. The molecule has 1 N–H and O–H groups in total. The molecule has 0 amide bonds. The molecule has 0 saturated carbocycles. The SMILES string of the molecule is C#C.CC.CCC/C(C(=N)c1nc(CC[C@@H]2CCCN2C)cc(N2CC(N(C)C)C2)n1)=C(/C)[C@H]1CCCc2sc(P)c(C#N)c21. The number of nitrogens with zero attached hydrogens (tertiary/aromatic N) is 6. The average molecular weight is 648 g/mol. The summed E-state index contributed by atoms with van der Waals surface area (Å²) in [5.74, 6) is 1.69. The van der Waals surface area contributed by atoms with Gasteiger partial charge in [-0.1, -0.05) is 42.0 Å². The van der Waals surface area contributed by atoms with Gasteiger partial charge in [-0.25, -0.2) is 9.97 Å². The first-order valence-electron chi connectivity index (χ1n) is 16.6. The van der Waals surface area contributed by atoms with E-state index in [9.17, 15) is 10.7 Å². The summed E-state index contributed by atoms with van der Waals surface area (Å²) >= 11 is 1.75. The normalized spacial score (nSPS) is 20.2. The summed E-state index contributed by atoms with van der Waals surface area (Å²) in [6.07, 6.45) is 17.5. The second-order valence-electron chi connectivity index (χ2n) is 12.4. The van der Waals surface area contributed by atoms with Crippen LogP contribution in [0.4, 0.5) is 5.82 Å². The lowest BCUT2D eigenvalue weighted by molar-refractivity contribution is 0.246. The van der Waals surface area contributed by atoms with Gasteiger partial charge >= 0.3 is 0 Å². The summed E-state index contributed by atoms with van der Waals surface area (Å²) in [4.78, 5) is 18.5. The van der Waals surface area contributed by atoms with Crippen molar-refractivity contribution in [1.82, 2.24) is 19.8 Å². The lowest BCUT2D eigenvalue weighted by Gasteiger charge is -2.43. The fourth-order valence-corrected chi connectivity index (χ4v) is 8.62. The summed E-state index contributed by atoms with van der Waals surface area (Å²) in [7, 11) is 9.29. The van der Waals surface area contributed by atoms with Crippen molar-refractivity contribution in [2.24, 2.45) is 0 Å². The minimum absolute atomic E-state index is 0.178. The van der Waals surface area contributed by atoms with E-state index in [0.29, 0.717) is 23.6 Å². The van der Waals surface area contributed by atoms with Gasteiger partial charge in [0.2, 0.25) is 0 Å². The molecule has 0 spiro atoms. The molecule has 2 fully saturated rings. The van der Waals surface area contributed by atoms with Gasteiger partial charge in [-0.3, -0.25) is 5.41 Å². The molecular weight excluding hydrogens is 593 g/mol. The number of anilines is 1. The molecule has 1 aliphatic carbocycles. The molecule has 4 heterocycles. The van der Waals surface area contributed by atoms with E-state index in [0.717, 1.165) is 85.3 Å². The van der Waals surface area contributed by atoms with E-state index in [1.807, 2.05) is 13.8 Å². The fraction of sp³-hybridized carbons (Fsp3) is 0.611. The average Bonchev–Trinajstić information content (AvgIpc) is 3.59. The van der Waals surface area contributed by atoms with Gasteiger partial charge in [0.05, 0.1) is 5.56 Å². The Morgan fingerprint density at radius 1 is 1.20 bits per heavy atom. The van der Waals surface area contributed by atoms with Crippen molar-refractivity contribution in [2.45, 2.75) is 103 Å². The topological polar surface area (TPSA) is 83.1 Å². The number of likely N-dealkylation sites (N-methyl/N-ethyl adjacent to an activating group) is 1. The Morgan fingerprint density at radius 2 is 1.91 bits per heavy atom. The summed E-state index contributed by atoms with van der Waals surface area (Å²) in [6.45, 7) is 11.5. The van der Waals surface area contributed by atoms with Crippen molar-refractivity contribution < 1.29 is 0 Å². The number of nitriles is 1. The molecule has 3 atom stereocenters. The molecule has 5 rings (SSSR count). The van der Waals surface area contributed by atoms with Gasteiger partial charge in [0.25, 0.3) is 0 Å². The van der Waals surface area contributed by atoms with Crippen LogP contribution in [0.15, 0.2) is 17.2 Å². The third kappa shape index (κ3) is 8.41. The maximum atomic E-state index is 9.99. The fourth-order valence-electron chi connectivity index (χ4n) is 6.85. The van der Waals surface area contributed by atoms with E-state index < -0.39 is 0 Å². The van der Waals surface area contributed by atoms with Crippen LogP contribution in [-0.4, -0.2) is 78.3 Å². The van der Waals surface area contributed by atoms with E-state index in [1.54, 1.807) is 11.3 Å². The number of hydrogen-bond acceptors (Lipinski definition) is 8.